The second-order valence-electron chi connectivity index (χ2n) is 8.20. The Bertz CT molecular complexity index is 1120. The molecule has 0 aliphatic carbocycles. The number of carbonyl (C=O) groups is 1. The molecule has 4 rings (SSSR count). The Hall–Kier alpha value is -2.68. The second-order valence-corrected chi connectivity index (χ2v) is 10.3. The lowest BCUT2D eigenvalue weighted by Gasteiger charge is -2.23. The highest BCUT2D eigenvalue weighted by molar-refractivity contribution is 7.92. The first-order valence-electron chi connectivity index (χ1n) is 10.9. The fourth-order valence-electron chi connectivity index (χ4n) is 4.36. The summed E-state index contributed by atoms with van der Waals surface area (Å²) in [4.78, 5) is 12.9. The van der Waals surface area contributed by atoms with Gasteiger partial charge in [-0.15, -0.1) is 0 Å². The summed E-state index contributed by atoms with van der Waals surface area (Å²) in [7, 11) is -3.89. The van der Waals surface area contributed by atoms with E-state index in [0.717, 1.165) is 11.1 Å². The van der Waals surface area contributed by atoms with Crippen molar-refractivity contribution in [2.24, 2.45) is 5.92 Å². The van der Waals surface area contributed by atoms with Crippen LogP contribution in [0.5, 0.6) is 0 Å². The number of esters is 1. The number of hydrogen-bond acceptors (Lipinski definition) is 7. The SMILES string of the molecule is CCOC(=O)C1=C(C)O[C@@H]2O[C@H](COCc3ccccc3)[C@@H](S(=O)(=O)c3ccc(C)cc3)[C@H]12. The summed E-state index contributed by atoms with van der Waals surface area (Å²) in [6.45, 7) is 5.75. The van der Waals surface area contributed by atoms with E-state index in [1.54, 1.807) is 38.1 Å². The molecule has 0 radical (unpaired) electrons. The van der Waals surface area contributed by atoms with E-state index in [1.165, 1.54) is 0 Å². The Morgan fingerprint density at radius 2 is 1.73 bits per heavy atom. The van der Waals surface area contributed by atoms with Crippen LogP contribution in [0, 0.1) is 12.8 Å². The Morgan fingerprint density at radius 3 is 2.39 bits per heavy atom. The van der Waals surface area contributed by atoms with Crippen molar-refractivity contribution in [2.45, 2.75) is 49.9 Å². The van der Waals surface area contributed by atoms with Crippen molar-refractivity contribution >= 4 is 15.8 Å². The first-order valence-corrected chi connectivity index (χ1v) is 12.5. The highest BCUT2D eigenvalue weighted by Crippen LogP contribution is 2.46. The molecule has 176 valence electrons. The molecule has 2 aromatic carbocycles. The molecule has 1 fully saturated rings. The third-order valence-electron chi connectivity index (χ3n) is 5.92. The van der Waals surface area contributed by atoms with Gasteiger partial charge < -0.3 is 18.9 Å². The Labute approximate surface area is 194 Å². The van der Waals surface area contributed by atoms with Crippen LogP contribution in [0.15, 0.2) is 70.8 Å². The number of carbonyl (C=O) groups excluding carboxylic acids is 1. The summed E-state index contributed by atoms with van der Waals surface area (Å²) >= 11 is 0. The van der Waals surface area contributed by atoms with Gasteiger partial charge in [-0.2, -0.15) is 0 Å². The fraction of sp³-hybridized carbons (Fsp3) is 0.400. The van der Waals surface area contributed by atoms with Crippen LogP contribution in [0.25, 0.3) is 0 Å². The lowest BCUT2D eigenvalue weighted by atomic mass is 9.95. The zero-order valence-electron chi connectivity index (χ0n) is 18.9. The molecular weight excluding hydrogens is 444 g/mol. The summed E-state index contributed by atoms with van der Waals surface area (Å²) in [6.07, 6.45) is -1.70. The third-order valence-corrected chi connectivity index (χ3v) is 8.17. The number of benzene rings is 2. The maximum Gasteiger partial charge on any atom is 0.337 e. The molecule has 2 aliphatic rings. The molecule has 0 aromatic heterocycles. The average molecular weight is 473 g/mol. The number of ether oxygens (including phenoxy) is 4. The quantitative estimate of drug-likeness (QED) is 0.543. The van der Waals surface area contributed by atoms with Gasteiger partial charge in [-0.05, 0) is 38.5 Å². The molecule has 2 aliphatic heterocycles. The van der Waals surface area contributed by atoms with E-state index in [2.05, 4.69) is 0 Å². The number of fused-ring (bicyclic) bond motifs is 1. The van der Waals surface area contributed by atoms with Crippen molar-refractivity contribution in [3.63, 3.8) is 0 Å². The van der Waals surface area contributed by atoms with Gasteiger partial charge in [0.25, 0.3) is 0 Å². The van der Waals surface area contributed by atoms with Crippen LogP contribution in [-0.4, -0.2) is 45.2 Å². The number of rotatable bonds is 8. The van der Waals surface area contributed by atoms with Crippen LogP contribution in [0.4, 0.5) is 0 Å². The van der Waals surface area contributed by atoms with Crippen LogP contribution in [0.2, 0.25) is 0 Å². The summed E-state index contributed by atoms with van der Waals surface area (Å²) in [5, 5.41) is -1.06. The lowest BCUT2D eigenvalue weighted by Crippen LogP contribution is -2.39. The fourth-order valence-corrected chi connectivity index (χ4v) is 6.38. The molecule has 2 heterocycles. The first kappa shape index (κ1) is 23.5. The molecule has 2 aromatic rings. The molecule has 7 nitrogen and oxygen atoms in total. The molecule has 0 spiro atoms. The van der Waals surface area contributed by atoms with Gasteiger partial charge in [-0.3, -0.25) is 0 Å². The van der Waals surface area contributed by atoms with Crippen molar-refractivity contribution in [3.05, 3.63) is 77.1 Å². The maximum absolute atomic E-state index is 13.8. The van der Waals surface area contributed by atoms with Crippen LogP contribution in [-0.2, 0) is 40.2 Å². The van der Waals surface area contributed by atoms with E-state index in [0.29, 0.717) is 12.4 Å². The minimum Gasteiger partial charge on any atom is -0.468 e. The maximum atomic E-state index is 13.8. The van der Waals surface area contributed by atoms with Gasteiger partial charge >= 0.3 is 5.97 Å². The molecule has 0 bridgehead atoms. The lowest BCUT2D eigenvalue weighted by molar-refractivity contribution is -0.139. The van der Waals surface area contributed by atoms with E-state index in [4.69, 9.17) is 18.9 Å². The smallest absolute Gasteiger partial charge is 0.337 e. The van der Waals surface area contributed by atoms with E-state index >= 15 is 0 Å². The van der Waals surface area contributed by atoms with Gasteiger partial charge in [0.15, 0.2) is 9.84 Å². The second kappa shape index (κ2) is 9.67. The van der Waals surface area contributed by atoms with Crippen molar-refractivity contribution in [1.82, 2.24) is 0 Å². The number of allylic oxidation sites excluding steroid dienone is 1. The molecular formula is C25H28O7S. The molecule has 8 heteroatoms. The molecule has 33 heavy (non-hydrogen) atoms. The van der Waals surface area contributed by atoms with Crippen molar-refractivity contribution in [1.29, 1.82) is 0 Å². The Balaban J connectivity index is 1.65. The molecule has 1 saturated heterocycles. The summed E-state index contributed by atoms with van der Waals surface area (Å²) in [5.41, 5.74) is 2.13. The zero-order valence-corrected chi connectivity index (χ0v) is 19.7. The highest BCUT2D eigenvalue weighted by atomic mass is 32.2. The van der Waals surface area contributed by atoms with Gasteiger partial charge in [0.1, 0.15) is 17.1 Å². The molecule has 4 atom stereocenters. The Kier molecular flexibility index (Phi) is 6.88. The number of hydrogen-bond donors (Lipinski definition) is 0. The van der Waals surface area contributed by atoms with E-state index in [-0.39, 0.29) is 23.7 Å². The van der Waals surface area contributed by atoms with Crippen molar-refractivity contribution in [2.75, 3.05) is 13.2 Å². The Morgan fingerprint density at radius 1 is 1.03 bits per heavy atom. The summed E-state index contributed by atoms with van der Waals surface area (Å²) in [5.74, 6) is -1.06. The monoisotopic (exact) mass is 472 g/mol. The van der Waals surface area contributed by atoms with Gasteiger partial charge in [-0.25, -0.2) is 13.2 Å². The van der Waals surface area contributed by atoms with Gasteiger partial charge in [-0.1, -0.05) is 48.0 Å². The molecule has 0 saturated carbocycles. The third kappa shape index (κ3) is 4.69. The normalized spacial score (nSPS) is 24.5. The van der Waals surface area contributed by atoms with Crippen molar-refractivity contribution in [3.8, 4) is 0 Å². The summed E-state index contributed by atoms with van der Waals surface area (Å²) < 4.78 is 50.4. The molecule has 0 unspecified atom stereocenters. The largest absolute Gasteiger partial charge is 0.468 e. The zero-order chi connectivity index (χ0) is 23.6. The van der Waals surface area contributed by atoms with E-state index in [9.17, 15) is 13.2 Å². The summed E-state index contributed by atoms with van der Waals surface area (Å²) in [6, 6.07) is 16.3. The topological polar surface area (TPSA) is 88.1 Å². The average Bonchev–Trinajstić information content (AvgIpc) is 3.28. The predicted octanol–water partition coefficient (Wildman–Crippen LogP) is 3.56. The predicted molar refractivity (Wildman–Crippen MR) is 121 cm³/mol. The van der Waals surface area contributed by atoms with Crippen LogP contribution >= 0.6 is 0 Å². The number of aryl methyl sites for hydroxylation is 1. The molecule has 0 N–H and O–H groups in total. The van der Waals surface area contributed by atoms with E-state index in [1.807, 2.05) is 37.3 Å². The minimum atomic E-state index is -3.89. The van der Waals surface area contributed by atoms with Gasteiger partial charge in [0.2, 0.25) is 6.29 Å². The standard InChI is InChI=1S/C25H28O7S/c1-4-30-24(26)21-17(3)31-25-22(21)23(33(27,28)19-12-10-16(2)11-13-19)20(32-25)15-29-14-18-8-6-5-7-9-18/h5-13,20,22-23,25H,4,14-15H2,1-3H3/t20-,22+,23-,25-/m1/s1. The van der Waals surface area contributed by atoms with Crippen LogP contribution in [0.1, 0.15) is 25.0 Å². The van der Waals surface area contributed by atoms with E-state index < -0.39 is 39.4 Å². The first-order chi connectivity index (χ1) is 15.8. The van der Waals surface area contributed by atoms with Crippen LogP contribution < -0.4 is 0 Å². The van der Waals surface area contributed by atoms with Crippen LogP contribution in [0.3, 0.4) is 0 Å². The minimum absolute atomic E-state index is 0.0379. The van der Waals surface area contributed by atoms with Gasteiger partial charge in [0, 0.05) is 0 Å². The number of sulfone groups is 1. The van der Waals surface area contributed by atoms with Crippen molar-refractivity contribution < 1.29 is 32.2 Å². The highest BCUT2D eigenvalue weighted by Gasteiger charge is 2.59. The van der Waals surface area contributed by atoms with Gasteiger partial charge in [0.05, 0.1) is 36.2 Å². The molecule has 0 amide bonds.